The van der Waals surface area contributed by atoms with E-state index >= 15 is 0 Å². The van der Waals surface area contributed by atoms with E-state index in [0.717, 1.165) is 12.3 Å². The molecule has 1 aliphatic heterocycles. The second-order valence-corrected chi connectivity index (χ2v) is 8.07. The summed E-state index contributed by atoms with van der Waals surface area (Å²) in [5.74, 6) is -0.521. The zero-order valence-electron chi connectivity index (χ0n) is 17.6. The minimum absolute atomic E-state index is 0.220. The fraction of sp³-hybridized carbons (Fsp3) is 0.409. The third kappa shape index (κ3) is 5.55. The number of piperidine rings is 1. The largest absolute Gasteiger partial charge is 0.433 e. The van der Waals surface area contributed by atoms with Gasteiger partial charge >= 0.3 is 6.18 Å². The van der Waals surface area contributed by atoms with Gasteiger partial charge in [0.25, 0.3) is 5.56 Å². The lowest BCUT2D eigenvalue weighted by Gasteiger charge is -2.36. The minimum Gasteiger partial charge on any atom is -0.390 e. The first-order chi connectivity index (χ1) is 15.7. The molecule has 11 heteroatoms. The molecule has 0 aromatic carbocycles. The van der Waals surface area contributed by atoms with Crippen LogP contribution in [0.3, 0.4) is 0 Å². The molecule has 4 heterocycles. The van der Waals surface area contributed by atoms with Gasteiger partial charge in [0.2, 0.25) is 0 Å². The van der Waals surface area contributed by atoms with Crippen LogP contribution in [0.2, 0.25) is 0 Å². The summed E-state index contributed by atoms with van der Waals surface area (Å²) < 4.78 is 52.9. The van der Waals surface area contributed by atoms with Crippen LogP contribution in [0.5, 0.6) is 0 Å². The van der Waals surface area contributed by atoms with Crippen LogP contribution in [0.4, 0.5) is 17.6 Å². The van der Waals surface area contributed by atoms with Crippen molar-refractivity contribution < 1.29 is 22.7 Å². The van der Waals surface area contributed by atoms with Crippen LogP contribution in [0, 0.1) is 5.82 Å². The van der Waals surface area contributed by atoms with E-state index in [4.69, 9.17) is 0 Å². The van der Waals surface area contributed by atoms with Gasteiger partial charge in [0.1, 0.15) is 11.5 Å². The number of halogens is 4. The highest BCUT2D eigenvalue weighted by Gasteiger charge is 2.32. The third-order valence-corrected chi connectivity index (χ3v) is 5.79. The topological polar surface area (TPSA) is 83.3 Å². The Morgan fingerprint density at radius 3 is 2.64 bits per heavy atom. The van der Waals surface area contributed by atoms with E-state index in [1.54, 1.807) is 6.07 Å². The molecule has 0 radical (unpaired) electrons. The van der Waals surface area contributed by atoms with Crippen LogP contribution in [-0.2, 0) is 19.3 Å². The molecule has 1 fully saturated rings. The zero-order chi connectivity index (χ0) is 23.6. The number of nitrogens with one attached hydrogen (secondary N) is 1. The summed E-state index contributed by atoms with van der Waals surface area (Å²) in [6, 6.07) is 6.32. The van der Waals surface area contributed by atoms with E-state index in [-0.39, 0.29) is 18.1 Å². The number of aliphatic hydroxyl groups excluding tert-OH is 1. The van der Waals surface area contributed by atoms with Crippen molar-refractivity contribution in [3.63, 3.8) is 0 Å². The summed E-state index contributed by atoms with van der Waals surface area (Å²) in [7, 11) is 0. The number of β-amino-alcohol motifs (C(OH)–C–C–N with tert-alkyl or cyclic N) is 1. The van der Waals surface area contributed by atoms with Crippen molar-refractivity contribution in [2.24, 2.45) is 0 Å². The Balaban J connectivity index is 1.31. The first kappa shape index (κ1) is 23.3. The SMILES string of the molecule is O=c1ccc2ncc(F)cc2n1CCN1CC[C@H](NCc2ccc(C(F)(F)F)nc2)[C@H](O)C1. The van der Waals surface area contributed by atoms with Gasteiger partial charge in [-0.1, -0.05) is 6.07 Å². The number of fused-ring (bicyclic) bond motifs is 1. The maximum Gasteiger partial charge on any atom is 0.433 e. The summed E-state index contributed by atoms with van der Waals surface area (Å²) in [6.45, 7) is 2.13. The first-order valence-electron chi connectivity index (χ1n) is 10.5. The minimum atomic E-state index is -4.48. The van der Waals surface area contributed by atoms with Gasteiger partial charge in [-0.3, -0.25) is 19.7 Å². The summed E-state index contributed by atoms with van der Waals surface area (Å²) in [5.41, 5.74) is 0.343. The molecule has 2 N–H and O–H groups in total. The van der Waals surface area contributed by atoms with Gasteiger partial charge in [0, 0.05) is 50.6 Å². The molecule has 4 rings (SSSR count). The number of alkyl halides is 3. The second-order valence-electron chi connectivity index (χ2n) is 8.07. The molecule has 33 heavy (non-hydrogen) atoms. The molecule has 3 aromatic rings. The van der Waals surface area contributed by atoms with Gasteiger partial charge in [-0.2, -0.15) is 13.2 Å². The highest BCUT2D eigenvalue weighted by molar-refractivity contribution is 5.74. The van der Waals surface area contributed by atoms with Crippen molar-refractivity contribution in [3.05, 3.63) is 70.2 Å². The predicted octanol–water partition coefficient (Wildman–Crippen LogP) is 2.17. The van der Waals surface area contributed by atoms with Crippen LogP contribution in [0.1, 0.15) is 17.7 Å². The standard InChI is InChI=1S/C22H23F4N5O2/c23-15-9-18-16(28-12-15)2-4-21(33)31(18)8-7-30-6-5-17(19(32)13-30)27-10-14-1-3-20(29-11-14)22(24,25)26/h1-4,9,11-12,17,19,27,32H,5-8,10,13H2/t17-,19+/m0/s1. The third-order valence-electron chi connectivity index (χ3n) is 5.79. The molecular formula is C22H23F4N5O2. The molecule has 7 nitrogen and oxygen atoms in total. The normalized spacial score (nSPS) is 19.8. The molecule has 0 spiro atoms. The average molecular weight is 465 g/mol. The lowest BCUT2D eigenvalue weighted by atomic mass is 10.0. The van der Waals surface area contributed by atoms with Crippen LogP contribution < -0.4 is 10.9 Å². The van der Waals surface area contributed by atoms with Crippen LogP contribution >= 0.6 is 0 Å². The molecule has 176 valence electrons. The summed E-state index contributed by atoms with van der Waals surface area (Å²) >= 11 is 0. The molecule has 0 aliphatic carbocycles. The van der Waals surface area contributed by atoms with E-state index in [0.29, 0.717) is 49.2 Å². The molecule has 1 saturated heterocycles. The molecule has 0 bridgehead atoms. The smallest absolute Gasteiger partial charge is 0.390 e. The molecule has 0 unspecified atom stereocenters. The van der Waals surface area contributed by atoms with E-state index < -0.39 is 23.8 Å². The van der Waals surface area contributed by atoms with Gasteiger partial charge in [0.15, 0.2) is 0 Å². The van der Waals surface area contributed by atoms with Crippen molar-refractivity contribution in [2.45, 2.75) is 37.8 Å². The lowest BCUT2D eigenvalue weighted by molar-refractivity contribution is -0.141. The number of hydrogen-bond donors (Lipinski definition) is 2. The van der Waals surface area contributed by atoms with Gasteiger partial charge in [-0.15, -0.1) is 0 Å². The van der Waals surface area contributed by atoms with Crippen molar-refractivity contribution in [3.8, 4) is 0 Å². The summed E-state index contributed by atoms with van der Waals surface area (Å²) in [4.78, 5) is 21.8. The zero-order valence-corrected chi connectivity index (χ0v) is 17.6. The van der Waals surface area contributed by atoms with Crippen LogP contribution in [0.15, 0.2) is 47.5 Å². The Kier molecular flexibility index (Phi) is 6.73. The fourth-order valence-corrected chi connectivity index (χ4v) is 4.00. The molecular weight excluding hydrogens is 442 g/mol. The lowest BCUT2D eigenvalue weighted by Crippen LogP contribution is -2.53. The number of rotatable bonds is 6. The van der Waals surface area contributed by atoms with Crippen molar-refractivity contribution >= 4 is 11.0 Å². The molecule has 0 saturated carbocycles. The molecule has 2 atom stereocenters. The van der Waals surface area contributed by atoms with Crippen molar-refractivity contribution in [2.75, 3.05) is 19.6 Å². The van der Waals surface area contributed by atoms with E-state index in [9.17, 15) is 27.5 Å². The second kappa shape index (κ2) is 9.54. The number of aliphatic hydroxyl groups is 1. The Labute approximate surface area is 186 Å². The Hall–Kier alpha value is -2.89. The Morgan fingerprint density at radius 1 is 1.12 bits per heavy atom. The first-order valence-corrected chi connectivity index (χ1v) is 10.5. The summed E-state index contributed by atoms with van der Waals surface area (Å²) in [5, 5.41) is 13.7. The highest BCUT2D eigenvalue weighted by Crippen LogP contribution is 2.27. The van der Waals surface area contributed by atoms with E-state index in [1.165, 1.54) is 29.0 Å². The maximum absolute atomic E-state index is 13.6. The molecule has 3 aromatic heterocycles. The predicted molar refractivity (Wildman–Crippen MR) is 113 cm³/mol. The fourth-order valence-electron chi connectivity index (χ4n) is 4.00. The number of likely N-dealkylation sites (tertiary alicyclic amines) is 1. The number of aromatic nitrogens is 3. The molecule has 0 amide bonds. The number of pyridine rings is 3. The number of nitrogens with zero attached hydrogens (tertiary/aromatic N) is 4. The Morgan fingerprint density at radius 2 is 1.94 bits per heavy atom. The van der Waals surface area contributed by atoms with Gasteiger partial charge in [-0.25, -0.2) is 4.39 Å². The van der Waals surface area contributed by atoms with Crippen molar-refractivity contribution in [1.29, 1.82) is 0 Å². The average Bonchev–Trinajstić information content (AvgIpc) is 2.77. The van der Waals surface area contributed by atoms with E-state index in [2.05, 4.69) is 15.3 Å². The summed E-state index contributed by atoms with van der Waals surface area (Å²) in [6.07, 6.45) is -2.26. The van der Waals surface area contributed by atoms with Gasteiger partial charge < -0.3 is 15.0 Å². The highest BCUT2D eigenvalue weighted by atomic mass is 19.4. The van der Waals surface area contributed by atoms with E-state index in [1.807, 2.05) is 4.90 Å². The van der Waals surface area contributed by atoms with Crippen LogP contribution in [0.25, 0.3) is 11.0 Å². The maximum atomic E-state index is 13.6. The molecule has 1 aliphatic rings. The van der Waals surface area contributed by atoms with Gasteiger partial charge in [-0.05, 0) is 30.7 Å². The van der Waals surface area contributed by atoms with Gasteiger partial charge in [0.05, 0.1) is 23.3 Å². The number of hydrogen-bond acceptors (Lipinski definition) is 6. The monoisotopic (exact) mass is 465 g/mol. The quantitative estimate of drug-likeness (QED) is 0.543. The van der Waals surface area contributed by atoms with Crippen LogP contribution in [-0.4, -0.2) is 56.3 Å². The Bertz CT molecular complexity index is 1170. The van der Waals surface area contributed by atoms with Crippen molar-refractivity contribution in [1.82, 2.24) is 24.8 Å².